The Kier molecular flexibility index (Phi) is 5.51. The average Bonchev–Trinajstić information content (AvgIpc) is 3.46. The van der Waals surface area contributed by atoms with Crippen LogP contribution in [-0.4, -0.2) is 61.4 Å². The van der Waals surface area contributed by atoms with Crippen LogP contribution < -0.4 is 5.73 Å². The Morgan fingerprint density at radius 1 is 1.27 bits per heavy atom. The molecule has 5 rings (SSSR count). The highest BCUT2D eigenvalue weighted by atomic mass is 19.1. The van der Waals surface area contributed by atoms with Gasteiger partial charge in [0.2, 0.25) is 5.95 Å². The number of alkyl halides is 1. The zero-order chi connectivity index (χ0) is 23.2. The average molecular weight is 453 g/mol. The first-order valence-corrected chi connectivity index (χ1v) is 11.2. The van der Waals surface area contributed by atoms with Gasteiger partial charge in [0.1, 0.15) is 23.7 Å². The van der Waals surface area contributed by atoms with E-state index in [0.717, 1.165) is 42.9 Å². The Morgan fingerprint density at radius 3 is 2.85 bits per heavy atom. The lowest BCUT2D eigenvalue weighted by Gasteiger charge is -2.16. The van der Waals surface area contributed by atoms with Crippen molar-refractivity contribution in [3.8, 4) is 23.1 Å². The zero-order valence-corrected chi connectivity index (χ0v) is 18.4. The number of anilines is 1. The third kappa shape index (κ3) is 4.28. The molecule has 1 saturated carbocycles. The van der Waals surface area contributed by atoms with Crippen LogP contribution in [0, 0.1) is 23.6 Å². The van der Waals surface area contributed by atoms with E-state index in [0.29, 0.717) is 24.3 Å². The van der Waals surface area contributed by atoms with Gasteiger partial charge < -0.3 is 15.4 Å². The third-order valence-corrected chi connectivity index (χ3v) is 6.59. The molecule has 2 aliphatic rings. The summed E-state index contributed by atoms with van der Waals surface area (Å²) in [7, 11) is 0. The number of aliphatic hydroxyl groups is 1. The van der Waals surface area contributed by atoms with Gasteiger partial charge in [-0.2, -0.15) is 0 Å². The van der Waals surface area contributed by atoms with Crippen LogP contribution in [0.2, 0.25) is 0 Å². The third-order valence-electron chi connectivity index (χ3n) is 6.59. The first kappa shape index (κ1) is 21.7. The molecule has 0 radical (unpaired) electrons. The summed E-state index contributed by atoms with van der Waals surface area (Å²) in [5.74, 6) is 5.52. The Labute approximate surface area is 190 Å². The van der Waals surface area contributed by atoms with E-state index >= 15 is 0 Å². The van der Waals surface area contributed by atoms with Crippen LogP contribution in [0.1, 0.15) is 37.9 Å². The van der Waals surface area contributed by atoms with Gasteiger partial charge in [0.25, 0.3) is 0 Å². The maximum absolute atomic E-state index is 14.7. The Hall–Kier alpha value is -3.09. The normalized spacial score (nSPS) is 20.5. The molecule has 1 aliphatic carbocycles. The number of likely N-dealkylation sites (tertiary alicyclic amines) is 1. The lowest BCUT2D eigenvalue weighted by Crippen LogP contribution is -2.24. The molecule has 4 heterocycles. The molecule has 3 N–H and O–H groups in total. The van der Waals surface area contributed by atoms with Gasteiger partial charge in [0.05, 0.1) is 17.9 Å². The van der Waals surface area contributed by atoms with Crippen LogP contribution in [0.3, 0.4) is 0 Å². The van der Waals surface area contributed by atoms with E-state index in [1.54, 1.807) is 19.2 Å². The van der Waals surface area contributed by atoms with Crippen molar-refractivity contribution in [2.45, 2.75) is 37.8 Å². The van der Waals surface area contributed by atoms with E-state index in [9.17, 15) is 13.9 Å². The minimum Gasteiger partial charge on any atom is -0.378 e. The lowest BCUT2D eigenvalue weighted by atomic mass is 10.0. The Bertz CT molecular complexity index is 1260. The van der Waals surface area contributed by atoms with Crippen molar-refractivity contribution in [2.75, 3.05) is 32.0 Å². The molecule has 7 nitrogen and oxygen atoms in total. The summed E-state index contributed by atoms with van der Waals surface area (Å²) in [5.41, 5.74) is 6.67. The van der Waals surface area contributed by atoms with Gasteiger partial charge in [-0.05, 0) is 44.1 Å². The van der Waals surface area contributed by atoms with Crippen molar-refractivity contribution in [1.82, 2.24) is 24.4 Å². The predicted octanol–water partition coefficient (Wildman–Crippen LogP) is 2.94. The number of aromatic nitrogens is 4. The van der Waals surface area contributed by atoms with Crippen molar-refractivity contribution in [2.24, 2.45) is 5.92 Å². The number of nitrogens with two attached hydrogens (primary N) is 1. The number of hydrogen-bond donors (Lipinski definition) is 2. The topological polar surface area (TPSA) is 93.1 Å². The molecule has 2 atom stereocenters. The van der Waals surface area contributed by atoms with Gasteiger partial charge in [-0.25, -0.2) is 23.7 Å². The van der Waals surface area contributed by atoms with E-state index in [-0.39, 0.29) is 30.3 Å². The molecule has 33 heavy (non-hydrogen) atoms. The van der Waals surface area contributed by atoms with Crippen LogP contribution in [0.5, 0.6) is 0 Å². The molecule has 3 aromatic heterocycles. The summed E-state index contributed by atoms with van der Waals surface area (Å²) >= 11 is 0. The van der Waals surface area contributed by atoms with E-state index in [2.05, 4.69) is 36.3 Å². The van der Waals surface area contributed by atoms with Crippen molar-refractivity contribution in [3.05, 3.63) is 36.2 Å². The van der Waals surface area contributed by atoms with Gasteiger partial charge in [0.15, 0.2) is 5.82 Å². The standard InChI is InChI=1S/C24H26F2N6O/c1-24(33,15-2-3-15)6-4-16-10-18-19(22-20(26)11-29-23(27)30-22)14-32(21(18)12-28-16)17-5-8-31(13-17)9-7-25/h10-12,14-15,17,33H,2-3,5,7-9,13H2,1H3,(H2,27,29,30). The SMILES string of the molecule is CC(O)(C#Cc1cc2c(-c3nc(N)ncc3F)cn(C3CCN(CCF)C3)c2cn1)C1CC1. The molecule has 0 bridgehead atoms. The number of rotatable bonds is 5. The first-order chi connectivity index (χ1) is 15.9. The fourth-order valence-electron chi connectivity index (χ4n) is 4.58. The number of nitrogen functional groups attached to an aromatic ring is 1. The monoisotopic (exact) mass is 452 g/mol. The second kappa shape index (κ2) is 8.36. The van der Waals surface area contributed by atoms with Crippen LogP contribution in [-0.2, 0) is 0 Å². The molecule has 9 heteroatoms. The van der Waals surface area contributed by atoms with Gasteiger partial charge in [-0.15, -0.1) is 0 Å². The second-order valence-electron chi connectivity index (χ2n) is 9.07. The largest absolute Gasteiger partial charge is 0.378 e. The summed E-state index contributed by atoms with van der Waals surface area (Å²) < 4.78 is 29.6. The van der Waals surface area contributed by atoms with Gasteiger partial charge in [-0.1, -0.05) is 5.92 Å². The Balaban J connectivity index is 1.60. The maximum atomic E-state index is 14.7. The predicted molar refractivity (Wildman–Crippen MR) is 121 cm³/mol. The number of halogens is 2. The smallest absolute Gasteiger partial charge is 0.220 e. The summed E-state index contributed by atoms with van der Waals surface area (Å²) in [6.45, 7) is 3.24. The molecule has 3 aromatic rings. The van der Waals surface area contributed by atoms with Crippen LogP contribution in [0.15, 0.2) is 24.7 Å². The van der Waals surface area contributed by atoms with Crippen LogP contribution >= 0.6 is 0 Å². The molecule has 0 aromatic carbocycles. The van der Waals surface area contributed by atoms with E-state index in [1.807, 2.05) is 6.20 Å². The van der Waals surface area contributed by atoms with E-state index < -0.39 is 11.4 Å². The minimum absolute atomic E-state index is 0.0168. The highest BCUT2D eigenvalue weighted by Gasteiger charge is 2.38. The fraction of sp³-hybridized carbons (Fsp3) is 0.458. The summed E-state index contributed by atoms with van der Waals surface area (Å²) in [4.78, 5) is 14.5. The fourth-order valence-corrected chi connectivity index (χ4v) is 4.58. The lowest BCUT2D eigenvalue weighted by molar-refractivity contribution is 0.0980. The molecule has 0 amide bonds. The molecule has 172 valence electrons. The second-order valence-corrected chi connectivity index (χ2v) is 9.07. The molecule has 2 fully saturated rings. The highest BCUT2D eigenvalue weighted by Crippen LogP contribution is 2.39. The summed E-state index contributed by atoms with van der Waals surface area (Å²) in [6, 6.07) is 1.90. The summed E-state index contributed by atoms with van der Waals surface area (Å²) in [5, 5.41) is 11.3. The van der Waals surface area contributed by atoms with Crippen molar-refractivity contribution in [1.29, 1.82) is 0 Å². The molecular formula is C24H26F2N6O. The van der Waals surface area contributed by atoms with Crippen molar-refractivity contribution >= 4 is 16.9 Å². The molecule has 2 unspecified atom stereocenters. The van der Waals surface area contributed by atoms with E-state index in [1.165, 1.54) is 0 Å². The Morgan fingerprint density at radius 2 is 2.09 bits per heavy atom. The quantitative estimate of drug-likeness (QED) is 0.579. The summed E-state index contributed by atoms with van der Waals surface area (Å²) in [6.07, 6.45) is 7.43. The molecule has 1 saturated heterocycles. The molecular weight excluding hydrogens is 426 g/mol. The van der Waals surface area contributed by atoms with Crippen LogP contribution in [0.25, 0.3) is 22.2 Å². The number of nitrogens with zero attached hydrogens (tertiary/aromatic N) is 5. The van der Waals surface area contributed by atoms with E-state index in [4.69, 9.17) is 5.73 Å². The molecule has 0 spiro atoms. The van der Waals surface area contributed by atoms with Crippen molar-refractivity contribution < 1.29 is 13.9 Å². The van der Waals surface area contributed by atoms with Crippen LogP contribution in [0.4, 0.5) is 14.7 Å². The van der Waals surface area contributed by atoms with Gasteiger partial charge in [0, 0.05) is 42.8 Å². The number of hydrogen-bond acceptors (Lipinski definition) is 6. The molecule has 1 aliphatic heterocycles. The number of pyridine rings is 1. The van der Waals surface area contributed by atoms with Gasteiger partial charge >= 0.3 is 0 Å². The zero-order valence-electron chi connectivity index (χ0n) is 18.4. The first-order valence-electron chi connectivity index (χ1n) is 11.2. The number of fused-ring (bicyclic) bond motifs is 1. The highest BCUT2D eigenvalue weighted by molar-refractivity contribution is 5.95. The minimum atomic E-state index is -1.05. The maximum Gasteiger partial charge on any atom is 0.220 e. The van der Waals surface area contributed by atoms with Gasteiger partial charge in [-0.3, -0.25) is 4.90 Å². The van der Waals surface area contributed by atoms with Crippen molar-refractivity contribution in [3.63, 3.8) is 0 Å².